The van der Waals surface area contributed by atoms with E-state index in [2.05, 4.69) is 10.2 Å². The van der Waals surface area contributed by atoms with Gasteiger partial charge in [0.05, 0.1) is 18.1 Å². The molecule has 2 aromatic carbocycles. The summed E-state index contributed by atoms with van der Waals surface area (Å²) in [5.41, 5.74) is 1.24. The van der Waals surface area contributed by atoms with Crippen LogP contribution in [0, 0.1) is 10.1 Å². The Kier molecular flexibility index (Phi) is 5.16. The third-order valence-corrected chi connectivity index (χ3v) is 4.14. The van der Waals surface area contributed by atoms with Gasteiger partial charge in [0.2, 0.25) is 0 Å². The summed E-state index contributed by atoms with van der Waals surface area (Å²) in [6.07, 6.45) is 0. The van der Waals surface area contributed by atoms with Gasteiger partial charge in [-0.05, 0) is 36.4 Å². The highest BCUT2D eigenvalue weighted by Crippen LogP contribution is 2.25. The molecule has 130 valence electrons. The van der Waals surface area contributed by atoms with Gasteiger partial charge in [-0.15, -0.1) is 0 Å². The highest BCUT2D eigenvalue weighted by molar-refractivity contribution is 6.31. The predicted octanol–water partition coefficient (Wildman–Crippen LogP) is 3.34. The number of hydrogen-bond donors (Lipinski definition) is 1. The van der Waals surface area contributed by atoms with E-state index in [1.807, 2.05) is 12.1 Å². The summed E-state index contributed by atoms with van der Waals surface area (Å²) >= 11 is 5.77. The Morgan fingerprint density at radius 3 is 2.48 bits per heavy atom. The highest BCUT2D eigenvalue weighted by Gasteiger charge is 2.20. The Bertz CT molecular complexity index is 789. The Hall–Kier alpha value is -2.64. The number of carbonyl (C=O) groups excluding carboxylic acids is 1. The van der Waals surface area contributed by atoms with E-state index in [1.165, 1.54) is 12.1 Å². The van der Waals surface area contributed by atoms with Gasteiger partial charge < -0.3 is 15.0 Å². The maximum absolute atomic E-state index is 12.4. The minimum Gasteiger partial charge on any atom is -0.378 e. The van der Waals surface area contributed by atoms with E-state index in [0.717, 1.165) is 24.8 Å². The van der Waals surface area contributed by atoms with Gasteiger partial charge in [-0.2, -0.15) is 0 Å². The molecule has 1 aliphatic rings. The van der Waals surface area contributed by atoms with Gasteiger partial charge in [-0.1, -0.05) is 11.6 Å². The molecule has 25 heavy (non-hydrogen) atoms. The fraction of sp³-hybridized carbons (Fsp3) is 0.235. The maximum atomic E-state index is 12.4. The van der Waals surface area contributed by atoms with Crippen molar-refractivity contribution in [1.82, 2.24) is 0 Å². The fourth-order valence-corrected chi connectivity index (χ4v) is 2.79. The SMILES string of the molecule is O=C(Nc1ccc(N2CCOCC2)cc1)c1ccc(Cl)cc1[N+](=O)[O-]. The number of hydrogen-bond acceptors (Lipinski definition) is 5. The van der Waals surface area contributed by atoms with Crippen LogP contribution >= 0.6 is 11.6 Å². The van der Waals surface area contributed by atoms with E-state index in [1.54, 1.807) is 12.1 Å². The van der Waals surface area contributed by atoms with Crippen molar-refractivity contribution in [1.29, 1.82) is 0 Å². The lowest BCUT2D eigenvalue weighted by atomic mass is 10.1. The number of benzene rings is 2. The van der Waals surface area contributed by atoms with Crippen LogP contribution in [0.15, 0.2) is 42.5 Å². The lowest BCUT2D eigenvalue weighted by Gasteiger charge is -2.28. The molecule has 0 radical (unpaired) electrons. The number of nitrogens with zero attached hydrogens (tertiary/aromatic N) is 2. The number of halogens is 1. The first-order valence-corrected chi connectivity index (χ1v) is 8.10. The molecule has 3 rings (SSSR count). The monoisotopic (exact) mass is 361 g/mol. The highest BCUT2D eigenvalue weighted by atomic mass is 35.5. The third kappa shape index (κ3) is 4.07. The molecule has 2 aromatic rings. The average molecular weight is 362 g/mol. The molecule has 1 fully saturated rings. The molecule has 0 saturated carbocycles. The summed E-state index contributed by atoms with van der Waals surface area (Å²) in [6.45, 7) is 3.03. The van der Waals surface area contributed by atoms with Crippen molar-refractivity contribution in [3.05, 3.63) is 63.2 Å². The number of nitro groups is 1. The van der Waals surface area contributed by atoms with Crippen LogP contribution in [0.3, 0.4) is 0 Å². The minimum absolute atomic E-state index is 0.0355. The molecule has 7 nitrogen and oxygen atoms in total. The lowest BCUT2D eigenvalue weighted by Crippen LogP contribution is -2.36. The van der Waals surface area contributed by atoms with E-state index in [0.29, 0.717) is 18.9 Å². The van der Waals surface area contributed by atoms with E-state index >= 15 is 0 Å². The maximum Gasteiger partial charge on any atom is 0.283 e. The van der Waals surface area contributed by atoms with Crippen LogP contribution < -0.4 is 10.2 Å². The first-order valence-electron chi connectivity index (χ1n) is 7.72. The van der Waals surface area contributed by atoms with Crippen LogP contribution in [0.1, 0.15) is 10.4 Å². The van der Waals surface area contributed by atoms with Crippen LogP contribution in [0.5, 0.6) is 0 Å². The van der Waals surface area contributed by atoms with Crippen molar-refractivity contribution in [2.45, 2.75) is 0 Å². The molecule has 8 heteroatoms. The molecule has 1 N–H and O–H groups in total. The lowest BCUT2D eigenvalue weighted by molar-refractivity contribution is -0.385. The molecule has 1 saturated heterocycles. The Balaban J connectivity index is 1.74. The number of amides is 1. The van der Waals surface area contributed by atoms with E-state index in [-0.39, 0.29) is 16.3 Å². The summed E-state index contributed by atoms with van der Waals surface area (Å²) in [4.78, 5) is 25.0. The average Bonchev–Trinajstić information content (AvgIpc) is 2.63. The first kappa shape index (κ1) is 17.2. The van der Waals surface area contributed by atoms with E-state index < -0.39 is 10.8 Å². The second-order valence-electron chi connectivity index (χ2n) is 5.52. The molecule has 1 aliphatic heterocycles. The topological polar surface area (TPSA) is 84.7 Å². The van der Waals surface area contributed by atoms with Crippen molar-refractivity contribution < 1.29 is 14.5 Å². The summed E-state index contributed by atoms with van der Waals surface area (Å²) in [5, 5.41) is 14.0. The Morgan fingerprint density at radius 1 is 1.16 bits per heavy atom. The van der Waals surface area contributed by atoms with Gasteiger partial charge in [0.15, 0.2) is 0 Å². The molecule has 0 spiro atoms. The molecule has 1 heterocycles. The zero-order valence-electron chi connectivity index (χ0n) is 13.3. The Labute approximate surface area is 149 Å². The van der Waals surface area contributed by atoms with Crippen LogP contribution in [0.25, 0.3) is 0 Å². The number of ether oxygens (including phenoxy) is 1. The molecule has 0 bridgehead atoms. The number of rotatable bonds is 4. The zero-order chi connectivity index (χ0) is 17.8. The second kappa shape index (κ2) is 7.50. The fourth-order valence-electron chi connectivity index (χ4n) is 2.62. The van der Waals surface area contributed by atoms with Crippen molar-refractivity contribution >= 4 is 34.6 Å². The summed E-state index contributed by atoms with van der Waals surface area (Å²) in [6, 6.07) is 11.3. The minimum atomic E-state index is -0.623. The zero-order valence-corrected chi connectivity index (χ0v) is 14.0. The molecule has 0 atom stereocenters. The largest absolute Gasteiger partial charge is 0.378 e. The van der Waals surface area contributed by atoms with Crippen molar-refractivity contribution in [2.24, 2.45) is 0 Å². The predicted molar refractivity (Wildman–Crippen MR) is 95.5 cm³/mol. The molecular weight excluding hydrogens is 346 g/mol. The second-order valence-corrected chi connectivity index (χ2v) is 5.96. The molecular formula is C17H16ClN3O4. The quantitative estimate of drug-likeness (QED) is 0.667. The van der Waals surface area contributed by atoms with Crippen molar-refractivity contribution in [2.75, 3.05) is 36.5 Å². The normalized spacial score (nSPS) is 14.2. The van der Waals surface area contributed by atoms with Crippen LogP contribution in [0.2, 0.25) is 5.02 Å². The van der Waals surface area contributed by atoms with Gasteiger partial charge in [0.1, 0.15) is 5.56 Å². The van der Waals surface area contributed by atoms with Crippen LogP contribution in [0.4, 0.5) is 17.1 Å². The summed E-state index contributed by atoms with van der Waals surface area (Å²) in [7, 11) is 0. The third-order valence-electron chi connectivity index (χ3n) is 3.90. The van der Waals surface area contributed by atoms with E-state index in [9.17, 15) is 14.9 Å². The number of nitro benzene ring substituents is 1. The summed E-state index contributed by atoms with van der Waals surface area (Å²) in [5.74, 6) is -0.553. The van der Waals surface area contributed by atoms with Gasteiger partial charge in [-0.3, -0.25) is 14.9 Å². The van der Waals surface area contributed by atoms with Crippen molar-refractivity contribution in [3.63, 3.8) is 0 Å². The van der Waals surface area contributed by atoms with Gasteiger partial charge in [-0.25, -0.2) is 0 Å². The molecule has 0 aliphatic carbocycles. The van der Waals surface area contributed by atoms with Gasteiger partial charge in [0.25, 0.3) is 11.6 Å². The van der Waals surface area contributed by atoms with Crippen LogP contribution in [-0.2, 0) is 4.74 Å². The first-order chi connectivity index (χ1) is 12.0. The van der Waals surface area contributed by atoms with Crippen LogP contribution in [-0.4, -0.2) is 37.1 Å². The Morgan fingerprint density at radius 2 is 1.84 bits per heavy atom. The summed E-state index contributed by atoms with van der Waals surface area (Å²) < 4.78 is 5.32. The number of anilines is 2. The molecule has 1 amide bonds. The standard InChI is InChI=1S/C17H16ClN3O4/c18-12-1-6-15(16(11-12)21(23)24)17(22)19-13-2-4-14(5-3-13)20-7-9-25-10-8-20/h1-6,11H,7-10H2,(H,19,22). The number of morpholine rings is 1. The molecule has 0 unspecified atom stereocenters. The molecule has 0 aromatic heterocycles. The van der Waals surface area contributed by atoms with E-state index in [4.69, 9.17) is 16.3 Å². The number of carbonyl (C=O) groups is 1. The van der Waals surface area contributed by atoms with Gasteiger partial charge >= 0.3 is 0 Å². The smallest absolute Gasteiger partial charge is 0.283 e. The number of nitrogens with one attached hydrogen (secondary N) is 1. The van der Waals surface area contributed by atoms with Gasteiger partial charge in [0, 0.05) is 35.6 Å². The van der Waals surface area contributed by atoms with Crippen molar-refractivity contribution in [3.8, 4) is 0 Å².